The van der Waals surface area contributed by atoms with E-state index in [1.807, 2.05) is 12.3 Å². The Balaban J connectivity index is 2.39. The average Bonchev–Trinajstić information content (AvgIpc) is 2.82. The largest absolute Gasteiger partial charge is 0.504 e. The van der Waals surface area contributed by atoms with E-state index in [9.17, 15) is 10.4 Å². The molecule has 96 valence electrons. The highest BCUT2D eigenvalue weighted by atomic mass is 32.1. The first-order valence-corrected chi connectivity index (χ1v) is 6.43. The number of aromatic hydroxyl groups is 1. The molecule has 0 atom stereocenters. The van der Waals surface area contributed by atoms with Crippen LogP contribution in [0.1, 0.15) is 16.3 Å². The van der Waals surface area contributed by atoms with Gasteiger partial charge in [-0.3, -0.25) is 0 Å². The van der Waals surface area contributed by atoms with Gasteiger partial charge in [-0.15, -0.1) is 11.3 Å². The summed E-state index contributed by atoms with van der Waals surface area (Å²) in [5.74, 6) is 0.449. The zero-order valence-electron chi connectivity index (χ0n) is 10.5. The van der Waals surface area contributed by atoms with Gasteiger partial charge in [0.25, 0.3) is 0 Å². The van der Waals surface area contributed by atoms with Crippen molar-refractivity contribution in [2.24, 2.45) is 0 Å². The lowest BCUT2D eigenvalue weighted by atomic mass is 10.1. The van der Waals surface area contributed by atoms with Gasteiger partial charge in [-0.05, 0) is 30.7 Å². The number of allylic oxidation sites excluding steroid dienone is 1. The number of aryl methyl sites for hydroxylation is 1. The van der Waals surface area contributed by atoms with Crippen molar-refractivity contribution in [3.8, 4) is 17.6 Å². The number of benzene rings is 1. The molecule has 1 aromatic heterocycles. The molecule has 0 saturated heterocycles. The van der Waals surface area contributed by atoms with Crippen LogP contribution in [0.5, 0.6) is 11.5 Å². The molecule has 0 unspecified atom stereocenters. The Morgan fingerprint density at radius 2 is 2.32 bits per heavy atom. The lowest BCUT2D eigenvalue weighted by molar-refractivity contribution is 0.373. The van der Waals surface area contributed by atoms with Crippen molar-refractivity contribution in [2.45, 2.75) is 6.92 Å². The summed E-state index contributed by atoms with van der Waals surface area (Å²) in [4.78, 5) is 4.27. The Bertz CT molecular complexity index is 668. The first-order chi connectivity index (χ1) is 9.13. The Morgan fingerprint density at radius 3 is 2.84 bits per heavy atom. The van der Waals surface area contributed by atoms with E-state index in [4.69, 9.17) is 4.74 Å². The molecule has 4 nitrogen and oxygen atoms in total. The predicted octanol–water partition coefficient (Wildman–Crippen LogP) is 3.23. The molecular formula is C14H12N2O2S. The minimum atomic E-state index is 0.0452. The number of ether oxygens (including phenoxy) is 1. The summed E-state index contributed by atoms with van der Waals surface area (Å²) in [6, 6.07) is 7.11. The van der Waals surface area contributed by atoms with Crippen LogP contribution < -0.4 is 4.74 Å². The van der Waals surface area contributed by atoms with Gasteiger partial charge in [0.15, 0.2) is 11.5 Å². The van der Waals surface area contributed by atoms with Gasteiger partial charge < -0.3 is 9.84 Å². The summed E-state index contributed by atoms with van der Waals surface area (Å²) in [6.45, 7) is 1.88. The number of hydrogen-bond acceptors (Lipinski definition) is 5. The molecular weight excluding hydrogens is 260 g/mol. The fraction of sp³-hybridized carbons (Fsp3) is 0.143. The standard InChI is InChI=1S/C14H12N2O2S/c1-9-8-19-14(16-9)11(7-15)5-10-3-4-13(18-2)12(17)6-10/h3-6,8,17H,1-2H3. The van der Waals surface area contributed by atoms with Crippen molar-refractivity contribution < 1.29 is 9.84 Å². The molecule has 1 aromatic carbocycles. The second-order valence-corrected chi connectivity index (χ2v) is 4.75. The maximum absolute atomic E-state index is 9.70. The number of methoxy groups -OCH3 is 1. The van der Waals surface area contributed by atoms with Crippen LogP contribution in [0.15, 0.2) is 23.6 Å². The Labute approximate surface area is 115 Å². The molecule has 19 heavy (non-hydrogen) atoms. The smallest absolute Gasteiger partial charge is 0.160 e. The third-order valence-corrected chi connectivity index (χ3v) is 3.48. The molecule has 0 aliphatic rings. The zero-order valence-corrected chi connectivity index (χ0v) is 11.4. The molecule has 0 radical (unpaired) electrons. The van der Waals surface area contributed by atoms with Gasteiger partial charge >= 0.3 is 0 Å². The van der Waals surface area contributed by atoms with E-state index >= 15 is 0 Å². The maximum Gasteiger partial charge on any atom is 0.160 e. The first kappa shape index (κ1) is 13.1. The second-order valence-electron chi connectivity index (χ2n) is 3.90. The van der Waals surface area contributed by atoms with Crippen LogP contribution in [-0.2, 0) is 0 Å². The zero-order chi connectivity index (χ0) is 13.8. The molecule has 0 saturated carbocycles. The summed E-state index contributed by atoms with van der Waals surface area (Å²) in [5, 5.41) is 21.5. The third kappa shape index (κ3) is 2.92. The van der Waals surface area contributed by atoms with Crippen LogP contribution in [-0.4, -0.2) is 17.2 Å². The number of nitriles is 1. The first-order valence-electron chi connectivity index (χ1n) is 5.55. The maximum atomic E-state index is 9.70. The molecule has 0 aliphatic carbocycles. The number of nitrogens with zero attached hydrogens (tertiary/aromatic N) is 2. The van der Waals surface area contributed by atoms with E-state index in [0.29, 0.717) is 16.3 Å². The summed E-state index contributed by atoms with van der Waals surface area (Å²) < 4.78 is 4.97. The second kappa shape index (κ2) is 5.55. The molecule has 2 aromatic rings. The summed E-state index contributed by atoms with van der Waals surface area (Å²) in [5.41, 5.74) is 2.09. The Kier molecular flexibility index (Phi) is 3.83. The molecule has 0 amide bonds. The van der Waals surface area contributed by atoms with Gasteiger partial charge in [0.1, 0.15) is 11.1 Å². The topological polar surface area (TPSA) is 66.1 Å². The van der Waals surface area contributed by atoms with Gasteiger partial charge in [0.2, 0.25) is 0 Å². The van der Waals surface area contributed by atoms with E-state index in [-0.39, 0.29) is 5.75 Å². The molecule has 0 spiro atoms. The highest BCUT2D eigenvalue weighted by Gasteiger charge is 2.07. The monoisotopic (exact) mass is 272 g/mol. The van der Waals surface area contributed by atoms with Gasteiger partial charge in [-0.2, -0.15) is 5.26 Å². The van der Waals surface area contributed by atoms with E-state index < -0.39 is 0 Å². The SMILES string of the molecule is COc1ccc(C=C(C#N)c2nc(C)cs2)cc1O. The van der Waals surface area contributed by atoms with Crippen molar-refractivity contribution in [1.82, 2.24) is 4.98 Å². The number of phenolic OH excluding ortho intramolecular Hbond substituents is 1. The highest BCUT2D eigenvalue weighted by Crippen LogP contribution is 2.28. The van der Waals surface area contributed by atoms with Crippen LogP contribution in [0.3, 0.4) is 0 Å². The third-order valence-electron chi connectivity index (χ3n) is 2.48. The molecule has 5 heteroatoms. The van der Waals surface area contributed by atoms with Crippen molar-refractivity contribution in [1.29, 1.82) is 5.26 Å². The number of hydrogen-bond donors (Lipinski definition) is 1. The molecule has 2 rings (SSSR count). The molecule has 1 heterocycles. The van der Waals surface area contributed by atoms with Crippen LogP contribution >= 0.6 is 11.3 Å². The number of aromatic nitrogens is 1. The number of phenols is 1. The van der Waals surface area contributed by atoms with Crippen molar-refractivity contribution >= 4 is 23.0 Å². The Hall–Kier alpha value is -2.32. The molecule has 1 N–H and O–H groups in total. The molecule has 0 aliphatic heterocycles. The van der Waals surface area contributed by atoms with E-state index in [0.717, 1.165) is 11.3 Å². The van der Waals surface area contributed by atoms with Crippen LogP contribution in [0.25, 0.3) is 11.6 Å². The van der Waals surface area contributed by atoms with Gasteiger partial charge in [0, 0.05) is 11.1 Å². The average molecular weight is 272 g/mol. The summed E-state index contributed by atoms with van der Waals surface area (Å²) in [7, 11) is 1.49. The fourth-order valence-corrected chi connectivity index (χ4v) is 2.35. The minimum Gasteiger partial charge on any atom is -0.504 e. The van der Waals surface area contributed by atoms with E-state index in [1.165, 1.54) is 18.4 Å². The van der Waals surface area contributed by atoms with Crippen molar-refractivity contribution in [2.75, 3.05) is 7.11 Å². The van der Waals surface area contributed by atoms with Crippen LogP contribution in [0.2, 0.25) is 0 Å². The van der Waals surface area contributed by atoms with E-state index in [2.05, 4.69) is 11.1 Å². The number of rotatable bonds is 3. The van der Waals surface area contributed by atoms with Crippen LogP contribution in [0.4, 0.5) is 0 Å². The summed E-state index contributed by atoms with van der Waals surface area (Å²) in [6.07, 6.45) is 1.69. The van der Waals surface area contributed by atoms with Crippen LogP contribution in [0, 0.1) is 18.3 Å². The quantitative estimate of drug-likeness (QED) is 0.871. The molecule has 0 fully saturated rings. The lowest BCUT2D eigenvalue weighted by Crippen LogP contribution is -1.85. The van der Waals surface area contributed by atoms with Gasteiger partial charge in [-0.25, -0.2) is 4.98 Å². The normalized spacial score (nSPS) is 11.1. The lowest BCUT2D eigenvalue weighted by Gasteiger charge is -2.03. The minimum absolute atomic E-state index is 0.0452. The van der Waals surface area contributed by atoms with Gasteiger partial charge in [0.05, 0.1) is 12.7 Å². The van der Waals surface area contributed by atoms with Gasteiger partial charge in [-0.1, -0.05) is 6.07 Å². The van der Waals surface area contributed by atoms with Crippen molar-refractivity contribution in [3.05, 3.63) is 39.8 Å². The Morgan fingerprint density at radius 1 is 1.53 bits per heavy atom. The molecule has 0 bridgehead atoms. The predicted molar refractivity (Wildman–Crippen MR) is 75.0 cm³/mol. The van der Waals surface area contributed by atoms with Crippen molar-refractivity contribution in [3.63, 3.8) is 0 Å². The van der Waals surface area contributed by atoms with E-state index in [1.54, 1.807) is 24.3 Å². The number of thiazole rings is 1. The summed E-state index contributed by atoms with van der Waals surface area (Å²) >= 11 is 1.42. The fourth-order valence-electron chi connectivity index (χ4n) is 1.58. The highest BCUT2D eigenvalue weighted by molar-refractivity contribution is 7.11.